The summed E-state index contributed by atoms with van der Waals surface area (Å²) >= 11 is 7.77. The summed E-state index contributed by atoms with van der Waals surface area (Å²) in [7, 11) is 0. The molecule has 1 heterocycles. The fourth-order valence-electron chi connectivity index (χ4n) is 1.56. The van der Waals surface area contributed by atoms with Crippen molar-refractivity contribution in [2.24, 2.45) is 0 Å². The molecule has 0 atom stereocenters. The molecule has 14 heavy (non-hydrogen) atoms. The number of fused-ring (bicyclic) bond motifs is 1. The van der Waals surface area contributed by atoms with Crippen molar-refractivity contribution in [3.63, 3.8) is 0 Å². The van der Waals surface area contributed by atoms with E-state index in [1.165, 1.54) is 15.6 Å². The van der Waals surface area contributed by atoms with Gasteiger partial charge in [-0.2, -0.15) is 0 Å². The van der Waals surface area contributed by atoms with Crippen molar-refractivity contribution in [1.82, 2.24) is 0 Å². The SMILES string of the molecule is [CH2]CCCc1csc2ccc(Cl)cc12. The number of halogens is 1. The molecule has 0 amide bonds. The van der Waals surface area contributed by atoms with Crippen LogP contribution in [0.4, 0.5) is 0 Å². The molecule has 0 spiro atoms. The average Bonchev–Trinajstić information content (AvgIpc) is 2.57. The standard InChI is InChI=1S/C12H12ClS/c1-2-3-4-9-8-14-12-6-5-10(13)7-11(9)12/h5-8H,1-4H2. The third-order valence-corrected chi connectivity index (χ3v) is 3.56. The average molecular weight is 224 g/mol. The molecule has 73 valence electrons. The quantitative estimate of drug-likeness (QED) is 0.707. The van der Waals surface area contributed by atoms with E-state index >= 15 is 0 Å². The second-order valence-corrected chi connectivity index (χ2v) is 4.71. The summed E-state index contributed by atoms with van der Waals surface area (Å²) in [6.07, 6.45) is 3.26. The van der Waals surface area contributed by atoms with Crippen LogP contribution in [0.1, 0.15) is 18.4 Å². The van der Waals surface area contributed by atoms with Gasteiger partial charge in [0.05, 0.1) is 0 Å². The Labute approximate surface area is 93.5 Å². The summed E-state index contributed by atoms with van der Waals surface area (Å²) in [5, 5.41) is 4.37. The Bertz CT molecular complexity index is 431. The molecule has 0 unspecified atom stereocenters. The third-order valence-electron chi connectivity index (χ3n) is 2.31. The van der Waals surface area contributed by atoms with Gasteiger partial charge in [-0.25, -0.2) is 0 Å². The van der Waals surface area contributed by atoms with Crippen LogP contribution in [0.25, 0.3) is 10.1 Å². The van der Waals surface area contributed by atoms with Gasteiger partial charge in [-0.1, -0.05) is 24.9 Å². The first-order valence-corrected chi connectivity index (χ1v) is 6.02. The topological polar surface area (TPSA) is 0 Å². The van der Waals surface area contributed by atoms with E-state index in [2.05, 4.69) is 24.4 Å². The Morgan fingerprint density at radius 1 is 1.36 bits per heavy atom. The smallest absolute Gasteiger partial charge is 0.0413 e. The van der Waals surface area contributed by atoms with Crippen LogP contribution < -0.4 is 0 Å². The van der Waals surface area contributed by atoms with Gasteiger partial charge in [-0.05, 0) is 47.4 Å². The minimum Gasteiger partial charge on any atom is -0.144 e. The maximum Gasteiger partial charge on any atom is 0.0413 e. The van der Waals surface area contributed by atoms with Crippen molar-refractivity contribution in [1.29, 1.82) is 0 Å². The molecule has 2 heteroatoms. The number of benzene rings is 1. The van der Waals surface area contributed by atoms with Gasteiger partial charge in [0.2, 0.25) is 0 Å². The fourth-order valence-corrected chi connectivity index (χ4v) is 2.71. The van der Waals surface area contributed by atoms with E-state index in [9.17, 15) is 0 Å². The van der Waals surface area contributed by atoms with E-state index in [-0.39, 0.29) is 0 Å². The highest BCUT2D eigenvalue weighted by atomic mass is 35.5. The Hall–Kier alpha value is -0.530. The van der Waals surface area contributed by atoms with Crippen molar-refractivity contribution in [2.45, 2.75) is 19.3 Å². The van der Waals surface area contributed by atoms with Crippen LogP contribution in [-0.4, -0.2) is 0 Å². The van der Waals surface area contributed by atoms with Crippen molar-refractivity contribution in [2.75, 3.05) is 0 Å². The molecule has 0 aliphatic heterocycles. The van der Waals surface area contributed by atoms with Gasteiger partial charge in [-0.15, -0.1) is 11.3 Å². The van der Waals surface area contributed by atoms with Crippen LogP contribution in [0, 0.1) is 6.92 Å². The molecule has 0 aliphatic carbocycles. The molecular weight excluding hydrogens is 212 g/mol. The zero-order valence-corrected chi connectivity index (χ0v) is 9.50. The normalized spacial score (nSPS) is 11.0. The highest BCUT2D eigenvalue weighted by molar-refractivity contribution is 7.17. The van der Waals surface area contributed by atoms with Crippen LogP contribution in [0.5, 0.6) is 0 Å². The van der Waals surface area contributed by atoms with E-state index in [0.717, 1.165) is 24.3 Å². The second kappa shape index (κ2) is 4.33. The first-order chi connectivity index (χ1) is 6.81. The van der Waals surface area contributed by atoms with Crippen LogP contribution in [0.15, 0.2) is 23.6 Å². The maximum absolute atomic E-state index is 5.97. The summed E-state index contributed by atoms with van der Waals surface area (Å²) in [5.41, 5.74) is 1.41. The van der Waals surface area contributed by atoms with Gasteiger partial charge < -0.3 is 0 Å². The summed E-state index contributed by atoms with van der Waals surface area (Å²) in [6, 6.07) is 6.10. The van der Waals surface area contributed by atoms with Gasteiger partial charge in [0.25, 0.3) is 0 Å². The second-order valence-electron chi connectivity index (χ2n) is 3.36. The first-order valence-electron chi connectivity index (χ1n) is 4.76. The van der Waals surface area contributed by atoms with Crippen LogP contribution in [0.3, 0.4) is 0 Å². The number of unbranched alkanes of at least 4 members (excludes halogenated alkanes) is 1. The molecule has 0 saturated carbocycles. The van der Waals surface area contributed by atoms with Gasteiger partial charge in [-0.3, -0.25) is 0 Å². The molecule has 2 aromatic rings. The van der Waals surface area contributed by atoms with E-state index in [4.69, 9.17) is 11.6 Å². The largest absolute Gasteiger partial charge is 0.144 e. The minimum absolute atomic E-state index is 0.826. The molecule has 0 N–H and O–H groups in total. The van der Waals surface area contributed by atoms with Crippen molar-refractivity contribution in [3.8, 4) is 0 Å². The van der Waals surface area contributed by atoms with Crippen molar-refractivity contribution < 1.29 is 0 Å². The van der Waals surface area contributed by atoms with Crippen LogP contribution in [-0.2, 0) is 6.42 Å². The Balaban J connectivity index is 2.40. The molecule has 0 saturated heterocycles. The molecule has 0 aliphatic rings. The highest BCUT2D eigenvalue weighted by Gasteiger charge is 2.03. The summed E-state index contributed by atoms with van der Waals surface area (Å²) < 4.78 is 1.33. The number of thiophene rings is 1. The Morgan fingerprint density at radius 3 is 3.00 bits per heavy atom. The van der Waals surface area contributed by atoms with Crippen molar-refractivity contribution >= 4 is 33.0 Å². The minimum atomic E-state index is 0.826. The van der Waals surface area contributed by atoms with Crippen molar-refractivity contribution in [3.05, 3.63) is 41.1 Å². The number of rotatable bonds is 3. The maximum atomic E-state index is 5.97. The lowest BCUT2D eigenvalue weighted by atomic mass is 10.1. The zero-order chi connectivity index (χ0) is 9.97. The van der Waals surface area contributed by atoms with E-state index in [0.29, 0.717) is 0 Å². The Kier molecular flexibility index (Phi) is 3.09. The summed E-state index contributed by atoms with van der Waals surface area (Å²) in [5.74, 6) is 0. The molecule has 1 radical (unpaired) electrons. The third kappa shape index (κ3) is 1.94. The zero-order valence-electron chi connectivity index (χ0n) is 7.92. The van der Waals surface area contributed by atoms with Crippen LogP contribution >= 0.6 is 22.9 Å². The number of hydrogen-bond donors (Lipinski definition) is 0. The molecule has 0 fully saturated rings. The molecule has 0 bridgehead atoms. The van der Waals surface area contributed by atoms with Crippen LogP contribution in [0.2, 0.25) is 5.02 Å². The lowest BCUT2D eigenvalue weighted by molar-refractivity contribution is 0.848. The summed E-state index contributed by atoms with van der Waals surface area (Å²) in [6.45, 7) is 3.86. The molecule has 1 aromatic heterocycles. The Morgan fingerprint density at radius 2 is 2.21 bits per heavy atom. The predicted octanol–water partition coefficient (Wildman–Crippen LogP) is 4.71. The first kappa shape index (κ1) is 10.0. The number of aryl methyl sites for hydroxylation is 1. The predicted molar refractivity (Wildman–Crippen MR) is 65.1 cm³/mol. The van der Waals surface area contributed by atoms with Gasteiger partial charge in [0.15, 0.2) is 0 Å². The van der Waals surface area contributed by atoms with E-state index in [1.807, 2.05) is 6.07 Å². The van der Waals surface area contributed by atoms with Gasteiger partial charge >= 0.3 is 0 Å². The molecule has 2 rings (SSSR count). The summed E-state index contributed by atoms with van der Waals surface area (Å²) in [4.78, 5) is 0. The van der Waals surface area contributed by atoms with E-state index in [1.54, 1.807) is 11.3 Å². The highest BCUT2D eigenvalue weighted by Crippen LogP contribution is 2.29. The lowest BCUT2D eigenvalue weighted by Gasteiger charge is -1.97. The molecular formula is C12H12ClS. The lowest BCUT2D eigenvalue weighted by Crippen LogP contribution is -1.81. The molecule has 0 nitrogen and oxygen atoms in total. The monoisotopic (exact) mass is 223 g/mol. The molecule has 1 aromatic carbocycles. The number of hydrogen-bond acceptors (Lipinski definition) is 1. The van der Waals surface area contributed by atoms with E-state index < -0.39 is 0 Å². The van der Waals surface area contributed by atoms with Gasteiger partial charge in [0.1, 0.15) is 0 Å². The fraction of sp³-hybridized carbons (Fsp3) is 0.250. The van der Waals surface area contributed by atoms with Gasteiger partial charge in [0, 0.05) is 9.72 Å².